The maximum absolute atomic E-state index is 13.4. The van der Waals surface area contributed by atoms with Crippen molar-refractivity contribution in [2.45, 2.75) is 36.2 Å². The van der Waals surface area contributed by atoms with Crippen LogP contribution in [0.2, 0.25) is 0 Å². The third-order valence-electron chi connectivity index (χ3n) is 6.40. The fraction of sp³-hybridized carbons (Fsp3) is 0.500. The lowest BCUT2D eigenvalue weighted by Crippen LogP contribution is -2.53. The zero-order valence-electron chi connectivity index (χ0n) is 17.9. The van der Waals surface area contributed by atoms with Crippen LogP contribution < -0.4 is 9.80 Å². The molecule has 166 valence electrons. The van der Waals surface area contributed by atoms with Gasteiger partial charge in [0.25, 0.3) is 0 Å². The Morgan fingerprint density at radius 2 is 1.87 bits per heavy atom. The Kier molecular flexibility index (Phi) is 7.66. The number of piperazine rings is 1. The Balaban J connectivity index is 1.40. The summed E-state index contributed by atoms with van der Waals surface area (Å²) < 4.78 is 0.307. The number of hydrogen-bond donors (Lipinski definition) is 1. The van der Waals surface area contributed by atoms with Gasteiger partial charge in [0.15, 0.2) is 0 Å². The fourth-order valence-electron chi connectivity index (χ4n) is 4.63. The third-order valence-corrected chi connectivity index (χ3v) is 7.59. The summed E-state index contributed by atoms with van der Waals surface area (Å²) in [5.41, 5.74) is 0.895. The van der Waals surface area contributed by atoms with E-state index in [4.69, 9.17) is 0 Å². The molecule has 1 saturated carbocycles. The largest absolute Gasteiger partial charge is 0.506 e. The van der Waals surface area contributed by atoms with E-state index in [1.165, 1.54) is 6.42 Å². The zero-order valence-corrected chi connectivity index (χ0v) is 20.0. The molecule has 1 aromatic heterocycles. The number of carbonyl (C=O) groups is 1. The number of alkyl halides is 1. The SMILES string of the molecule is O=C(C1CCCCC1)N(CCN1CCN(c2ccccc2O)CC1I)c1ccccn1. The van der Waals surface area contributed by atoms with E-state index in [-0.39, 0.29) is 11.8 Å². The van der Waals surface area contributed by atoms with Crippen LogP contribution in [0.1, 0.15) is 32.1 Å². The molecule has 0 bridgehead atoms. The van der Waals surface area contributed by atoms with Gasteiger partial charge >= 0.3 is 0 Å². The van der Waals surface area contributed by atoms with Gasteiger partial charge < -0.3 is 10.0 Å². The maximum Gasteiger partial charge on any atom is 0.231 e. The number of rotatable bonds is 6. The van der Waals surface area contributed by atoms with Gasteiger partial charge in [0.2, 0.25) is 5.91 Å². The highest BCUT2D eigenvalue weighted by molar-refractivity contribution is 14.1. The van der Waals surface area contributed by atoms with Crippen molar-refractivity contribution in [1.82, 2.24) is 9.88 Å². The number of nitrogens with zero attached hydrogens (tertiary/aromatic N) is 4. The van der Waals surface area contributed by atoms with Crippen molar-refractivity contribution in [2.75, 3.05) is 42.5 Å². The first-order valence-corrected chi connectivity index (χ1v) is 12.5. The third kappa shape index (κ3) is 5.49. The monoisotopic (exact) mass is 534 g/mol. The van der Waals surface area contributed by atoms with Gasteiger partial charge in [-0.15, -0.1) is 0 Å². The number of hydrogen-bond acceptors (Lipinski definition) is 5. The molecule has 2 heterocycles. The molecule has 1 atom stereocenters. The van der Waals surface area contributed by atoms with Crippen molar-refractivity contribution >= 4 is 40.0 Å². The average Bonchev–Trinajstić information content (AvgIpc) is 2.81. The molecule has 31 heavy (non-hydrogen) atoms. The summed E-state index contributed by atoms with van der Waals surface area (Å²) in [5.74, 6) is 1.45. The molecule has 2 fully saturated rings. The highest BCUT2D eigenvalue weighted by Gasteiger charge is 2.30. The minimum Gasteiger partial charge on any atom is -0.506 e. The van der Waals surface area contributed by atoms with Gasteiger partial charge in [-0.1, -0.05) is 60.1 Å². The molecule has 0 radical (unpaired) electrons. The summed E-state index contributed by atoms with van der Waals surface area (Å²) in [6, 6.07) is 13.3. The van der Waals surface area contributed by atoms with Crippen molar-refractivity contribution in [1.29, 1.82) is 0 Å². The predicted octanol–water partition coefficient (Wildman–Crippen LogP) is 4.28. The first-order valence-electron chi connectivity index (χ1n) is 11.3. The number of anilines is 2. The Hall–Kier alpha value is -1.87. The van der Waals surface area contributed by atoms with E-state index >= 15 is 0 Å². The number of halogens is 1. The van der Waals surface area contributed by atoms with Gasteiger partial charge in [-0.25, -0.2) is 4.98 Å². The second kappa shape index (κ2) is 10.6. The molecule has 1 unspecified atom stereocenters. The van der Waals surface area contributed by atoms with Gasteiger partial charge in [0.1, 0.15) is 11.6 Å². The van der Waals surface area contributed by atoms with Gasteiger partial charge in [-0.05, 0) is 37.1 Å². The Morgan fingerprint density at radius 1 is 1.10 bits per heavy atom. The van der Waals surface area contributed by atoms with Gasteiger partial charge in [-0.2, -0.15) is 0 Å². The van der Waals surface area contributed by atoms with E-state index in [2.05, 4.69) is 37.4 Å². The molecule has 1 aromatic carbocycles. The number of para-hydroxylation sites is 2. The summed E-state index contributed by atoms with van der Waals surface area (Å²) in [5, 5.41) is 10.2. The van der Waals surface area contributed by atoms with Crippen molar-refractivity contribution in [3.8, 4) is 5.75 Å². The molecule has 7 heteroatoms. The molecule has 1 aliphatic heterocycles. The maximum atomic E-state index is 13.4. The molecule has 4 rings (SSSR count). The van der Waals surface area contributed by atoms with E-state index < -0.39 is 0 Å². The summed E-state index contributed by atoms with van der Waals surface area (Å²) in [6.45, 7) is 4.07. The van der Waals surface area contributed by atoms with Gasteiger partial charge in [-0.3, -0.25) is 14.6 Å². The lowest BCUT2D eigenvalue weighted by molar-refractivity contribution is -0.123. The Labute approximate surface area is 198 Å². The second-order valence-corrected chi connectivity index (χ2v) is 9.86. The number of pyridine rings is 1. The molecule has 2 aromatic rings. The number of aromatic nitrogens is 1. The molecule has 1 amide bonds. The molecule has 2 aliphatic rings. The van der Waals surface area contributed by atoms with Crippen LogP contribution in [0.25, 0.3) is 0 Å². The van der Waals surface area contributed by atoms with Crippen LogP contribution in [0.4, 0.5) is 11.5 Å². The van der Waals surface area contributed by atoms with Crippen LogP contribution >= 0.6 is 22.6 Å². The smallest absolute Gasteiger partial charge is 0.231 e. The quantitative estimate of drug-likeness (QED) is 0.341. The lowest BCUT2D eigenvalue weighted by Gasteiger charge is -2.41. The standard InChI is InChI=1S/C24H31IN4O2/c25-22-18-28(20-10-4-5-11-21(20)30)15-14-27(22)16-17-29(23-12-6-7-13-26-23)24(31)19-8-2-1-3-9-19/h4-7,10-13,19,22,30H,1-3,8-9,14-18H2. The van der Waals surface area contributed by atoms with Crippen LogP contribution in [0.5, 0.6) is 5.75 Å². The molecule has 1 saturated heterocycles. The summed E-state index contributed by atoms with van der Waals surface area (Å²) in [6.07, 6.45) is 7.30. The van der Waals surface area contributed by atoms with E-state index in [9.17, 15) is 9.90 Å². The topological polar surface area (TPSA) is 59.9 Å². The van der Waals surface area contributed by atoms with Crippen LogP contribution in [0, 0.1) is 5.92 Å². The van der Waals surface area contributed by atoms with Gasteiger partial charge in [0.05, 0.1) is 9.74 Å². The number of amides is 1. The Morgan fingerprint density at radius 3 is 2.58 bits per heavy atom. The average molecular weight is 534 g/mol. The summed E-state index contributed by atoms with van der Waals surface area (Å²) in [7, 11) is 0. The summed E-state index contributed by atoms with van der Waals surface area (Å²) >= 11 is 2.48. The molecular weight excluding hydrogens is 503 g/mol. The first kappa shape index (κ1) is 22.3. The lowest BCUT2D eigenvalue weighted by atomic mass is 9.88. The normalized spacial score (nSPS) is 20.5. The van der Waals surface area contributed by atoms with Crippen molar-refractivity contribution in [3.63, 3.8) is 0 Å². The van der Waals surface area contributed by atoms with E-state index in [0.717, 1.165) is 63.4 Å². The minimum atomic E-state index is 0.129. The van der Waals surface area contributed by atoms with Gasteiger partial charge in [0, 0.05) is 44.8 Å². The number of carbonyl (C=O) groups excluding carboxylic acids is 1. The van der Waals surface area contributed by atoms with Crippen LogP contribution in [-0.4, -0.2) is 57.7 Å². The van der Waals surface area contributed by atoms with E-state index in [1.807, 2.05) is 41.3 Å². The Bertz CT molecular complexity index is 860. The van der Waals surface area contributed by atoms with Crippen LogP contribution in [0.15, 0.2) is 48.7 Å². The molecular formula is C24H31IN4O2. The van der Waals surface area contributed by atoms with Crippen molar-refractivity contribution < 1.29 is 9.90 Å². The minimum absolute atomic E-state index is 0.129. The summed E-state index contributed by atoms with van der Waals surface area (Å²) in [4.78, 5) is 24.4. The zero-order chi connectivity index (χ0) is 21.6. The van der Waals surface area contributed by atoms with Crippen molar-refractivity contribution in [3.05, 3.63) is 48.7 Å². The molecule has 0 spiro atoms. The van der Waals surface area contributed by atoms with Crippen LogP contribution in [0.3, 0.4) is 0 Å². The number of aromatic hydroxyl groups is 1. The molecule has 1 aliphatic carbocycles. The van der Waals surface area contributed by atoms with E-state index in [0.29, 0.717) is 16.3 Å². The number of benzene rings is 1. The number of phenols is 1. The van der Waals surface area contributed by atoms with Crippen molar-refractivity contribution in [2.24, 2.45) is 5.92 Å². The van der Waals surface area contributed by atoms with E-state index in [1.54, 1.807) is 12.3 Å². The number of phenolic OH excluding ortho intramolecular Hbond substituents is 1. The highest BCUT2D eigenvalue weighted by Crippen LogP contribution is 2.30. The highest BCUT2D eigenvalue weighted by atomic mass is 127. The second-order valence-electron chi connectivity index (χ2n) is 8.42. The first-order chi connectivity index (χ1) is 15.1. The van der Waals surface area contributed by atoms with Crippen LogP contribution in [-0.2, 0) is 4.79 Å². The molecule has 6 nitrogen and oxygen atoms in total. The molecule has 1 N–H and O–H groups in total. The fourth-order valence-corrected chi connectivity index (χ4v) is 5.66. The predicted molar refractivity (Wildman–Crippen MR) is 133 cm³/mol.